The third kappa shape index (κ3) is 2.39. The minimum Gasteiger partial charge on any atom is -0.331 e. The second kappa shape index (κ2) is 5.09. The number of H-pyrrole nitrogens is 1. The molecule has 0 spiro atoms. The number of imidazole rings is 1. The van der Waals surface area contributed by atoms with Crippen LogP contribution >= 0.6 is 0 Å². The number of aryl methyl sites for hydroxylation is 1. The Kier molecular flexibility index (Phi) is 3.15. The molecule has 2 N–H and O–H groups in total. The largest absolute Gasteiger partial charge is 0.331 e. The molecule has 0 bridgehead atoms. The van der Waals surface area contributed by atoms with Crippen LogP contribution in [0.3, 0.4) is 0 Å². The summed E-state index contributed by atoms with van der Waals surface area (Å²) >= 11 is 0. The van der Waals surface area contributed by atoms with E-state index in [4.69, 9.17) is 0 Å². The topological polar surface area (TPSA) is 92.7 Å². The first-order valence-corrected chi connectivity index (χ1v) is 9.05. The van der Waals surface area contributed by atoms with E-state index in [1.807, 2.05) is 10.6 Å². The third-order valence-electron chi connectivity index (χ3n) is 4.29. The second-order valence-electron chi connectivity index (χ2n) is 5.89. The summed E-state index contributed by atoms with van der Waals surface area (Å²) in [5.74, 6) is 0.839. The molecule has 7 nitrogen and oxygen atoms in total. The highest BCUT2D eigenvalue weighted by Gasteiger charge is 2.25. The first kappa shape index (κ1) is 14.3. The van der Waals surface area contributed by atoms with Crippen LogP contribution < -0.4 is 4.72 Å². The number of aromatic amines is 1. The molecule has 23 heavy (non-hydrogen) atoms. The second-order valence-corrected chi connectivity index (χ2v) is 7.52. The summed E-state index contributed by atoms with van der Waals surface area (Å²) in [6.45, 7) is 2.08. The van der Waals surface area contributed by atoms with Crippen LogP contribution in [0.2, 0.25) is 0 Å². The maximum Gasteiger partial charge on any atom is 0.280 e. The molecule has 0 radical (unpaired) electrons. The van der Waals surface area contributed by atoms with Gasteiger partial charge in [0.25, 0.3) is 10.0 Å². The van der Waals surface area contributed by atoms with Gasteiger partial charge < -0.3 is 4.57 Å². The number of hydrogen-bond acceptors (Lipinski definition) is 4. The Morgan fingerprint density at radius 3 is 3.09 bits per heavy atom. The third-order valence-corrected chi connectivity index (χ3v) is 5.52. The Labute approximate surface area is 133 Å². The van der Waals surface area contributed by atoms with Gasteiger partial charge in [-0.05, 0) is 31.9 Å². The summed E-state index contributed by atoms with van der Waals surface area (Å²) < 4.78 is 29.9. The number of nitrogens with one attached hydrogen (secondary N) is 2. The van der Waals surface area contributed by atoms with Crippen LogP contribution in [0.15, 0.2) is 35.6 Å². The van der Waals surface area contributed by atoms with E-state index in [1.54, 1.807) is 24.5 Å². The standard InChI is InChI=1S/C15H17N5O2S/c1-10-4-2-7-14-17-15(9-20(10)14)23(21,22)19-13-6-3-5-12-11(13)8-16-18-12/h3,5-6,8-10,19H,2,4,7H2,1H3,(H,16,18). The normalized spacial score (nSPS) is 18.0. The van der Waals surface area contributed by atoms with E-state index in [-0.39, 0.29) is 11.1 Å². The van der Waals surface area contributed by atoms with Crippen molar-refractivity contribution in [2.45, 2.75) is 37.3 Å². The number of aromatic nitrogens is 4. The van der Waals surface area contributed by atoms with E-state index in [1.165, 1.54) is 0 Å². The number of anilines is 1. The molecule has 120 valence electrons. The van der Waals surface area contributed by atoms with Gasteiger partial charge in [-0.2, -0.15) is 13.5 Å². The van der Waals surface area contributed by atoms with Crippen LogP contribution in [0.25, 0.3) is 10.9 Å². The summed E-state index contributed by atoms with van der Waals surface area (Å²) in [6, 6.07) is 5.62. The molecule has 0 fully saturated rings. The van der Waals surface area contributed by atoms with Crippen LogP contribution in [-0.4, -0.2) is 28.2 Å². The fourth-order valence-corrected chi connectivity index (χ4v) is 4.10. The number of hydrogen-bond donors (Lipinski definition) is 2. The minimum atomic E-state index is -3.72. The zero-order valence-electron chi connectivity index (χ0n) is 12.7. The van der Waals surface area contributed by atoms with E-state index in [9.17, 15) is 8.42 Å². The smallest absolute Gasteiger partial charge is 0.280 e. The fraction of sp³-hybridized carbons (Fsp3) is 0.333. The maximum absolute atomic E-state index is 12.7. The molecule has 0 amide bonds. The van der Waals surface area contributed by atoms with Gasteiger partial charge in [-0.3, -0.25) is 9.82 Å². The highest BCUT2D eigenvalue weighted by atomic mass is 32.2. The van der Waals surface area contributed by atoms with Crippen molar-refractivity contribution in [3.63, 3.8) is 0 Å². The quantitative estimate of drug-likeness (QED) is 0.771. The molecule has 1 aromatic carbocycles. The van der Waals surface area contributed by atoms with Crippen LogP contribution in [-0.2, 0) is 16.4 Å². The average Bonchev–Trinajstić information content (AvgIpc) is 3.14. The lowest BCUT2D eigenvalue weighted by atomic mass is 10.1. The molecule has 0 saturated carbocycles. The molecule has 2 aromatic heterocycles. The summed E-state index contributed by atoms with van der Waals surface area (Å²) in [5, 5.41) is 7.58. The van der Waals surface area contributed by atoms with Crippen LogP contribution in [0, 0.1) is 0 Å². The average molecular weight is 331 g/mol. The van der Waals surface area contributed by atoms with Crippen LogP contribution in [0.1, 0.15) is 31.6 Å². The number of nitrogens with zero attached hydrogens (tertiary/aromatic N) is 3. The molecular formula is C15H17N5O2S. The molecular weight excluding hydrogens is 314 g/mol. The predicted molar refractivity (Wildman–Crippen MR) is 86.8 cm³/mol. The van der Waals surface area contributed by atoms with Gasteiger partial charge in [0.1, 0.15) is 5.82 Å². The van der Waals surface area contributed by atoms with Crippen molar-refractivity contribution in [1.29, 1.82) is 0 Å². The van der Waals surface area contributed by atoms with Gasteiger partial charge in [-0.1, -0.05) is 6.07 Å². The molecule has 3 heterocycles. The molecule has 1 atom stereocenters. The van der Waals surface area contributed by atoms with Crippen molar-refractivity contribution in [2.24, 2.45) is 0 Å². The van der Waals surface area contributed by atoms with E-state index in [0.717, 1.165) is 36.0 Å². The zero-order chi connectivity index (χ0) is 16.0. The zero-order valence-corrected chi connectivity index (χ0v) is 13.5. The molecule has 1 aliphatic rings. The highest BCUT2D eigenvalue weighted by molar-refractivity contribution is 7.92. The Bertz CT molecular complexity index is 973. The van der Waals surface area contributed by atoms with E-state index in [2.05, 4.69) is 26.8 Å². The van der Waals surface area contributed by atoms with E-state index in [0.29, 0.717) is 5.69 Å². The van der Waals surface area contributed by atoms with Gasteiger partial charge in [-0.25, -0.2) is 4.98 Å². The van der Waals surface area contributed by atoms with Crippen LogP contribution in [0.4, 0.5) is 5.69 Å². The summed E-state index contributed by atoms with van der Waals surface area (Å²) in [6.07, 6.45) is 6.14. The van der Waals surface area contributed by atoms with Crippen molar-refractivity contribution in [1.82, 2.24) is 19.7 Å². The Hall–Kier alpha value is -2.35. The van der Waals surface area contributed by atoms with Gasteiger partial charge in [0, 0.05) is 24.0 Å². The number of benzene rings is 1. The molecule has 1 aliphatic heterocycles. The molecule has 1 unspecified atom stereocenters. The lowest BCUT2D eigenvalue weighted by Crippen LogP contribution is -2.14. The van der Waals surface area contributed by atoms with Crippen molar-refractivity contribution in [3.05, 3.63) is 36.4 Å². The molecule has 4 rings (SSSR count). The first-order valence-electron chi connectivity index (χ1n) is 7.57. The lowest BCUT2D eigenvalue weighted by molar-refractivity contribution is 0.425. The monoisotopic (exact) mass is 331 g/mol. The fourth-order valence-electron chi connectivity index (χ4n) is 3.05. The Morgan fingerprint density at radius 1 is 1.39 bits per heavy atom. The van der Waals surface area contributed by atoms with Gasteiger partial charge >= 0.3 is 0 Å². The van der Waals surface area contributed by atoms with Crippen molar-refractivity contribution >= 4 is 26.6 Å². The van der Waals surface area contributed by atoms with E-state index < -0.39 is 10.0 Å². The number of sulfonamides is 1. The van der Waals surface area contributed by atoms with Gasteiger partial charge in [0.2, 0.25) is 0 Å². The minimum absolute atomic E-state index is 0.0711. The van der Waals surface area contributed by atoms with Crippen molar-refractivity contribution in [2.75, 3.05) is 4.72 Å². The Morgan fingerprint density at radius 2 is 2.26 bits per heavy atom. The molecule has 0 aliphatic carbocycles. The molecule has 3 aromatic rings. The number of rotatable bonds is 3. The maximum atomic E-state index is 12.7. The molecule has 8 heteroatoms. The predicted octanol–water partition coefficient (Wildman–Crippen LogP) is 2.46. The Balaban J connectivity index is 1.72. The van der Waals surface area contributed by atoms with Crippen molar-refractivity contribution in [3.8, 4) is 0 Å². The summed E-state index contributed by atoms with van der Waals surface area (Å²) in [7, 11) is -3.72. The lowest BCUT2D eigenvalue weighted by Gasteiger charge is -2.20. The van der Waals surface area contributed by atoms with Crippen LogP contribution in [0.5, 0.6) is 0 Å². The first-order chi connectivity index (χ1) is 11.0. The van der Waals surface area contributed by atoms with Gasteiger partial charge in [-0.15, -0.1) is 0 Å². The van der Waals surface area contributed by atoms with Crippen molar-refractivity contribution < 1.29 is 8.42 Å². The molecule has 0 saturated heterocycles. The SMILES string of the molecule is CC1CCCc2nc(S(=O)(=O)Nc3cccc4[nH]ncc34)cn21. The summed E-state index contributed by atoms with van der Waals surface area (Å²) in [4.78, 5) is 4.33. The van der Waals surface area contributed by atoms with Gasteiger partial charge in [0.15, 0.2) is 5.03 Å². The highest BCUT2D eigenvalue weighted by Crippen LogP contribution is 2.28. The number of fused-ring (bicyclic) bond motifs is 2. The van der Waals surface area contributed by atoms with E-state index >= 15 is 0 Å². The van der Waals surface area contributed by atoms with Gasteiger partial charge in [0.05, 0.1) is 17.4 Å². The summed E-state index contributed by atoms with van der Waals surface area (Å²) in [5.41, 5.74) is 1.28.